The molecule has 3 nitrogen and oxygen atoms in total. The highest BCUT2D eigenvalue weighted by molar-refractivity contribution is 6.30. The Morgan fingerprint density at radius 1 is 1.14 bits per heavy atom. The van der Waals surface area contributed by atoms with Crippen LogP contribution < -0.4 is 10.6 Å². The van der Waals surface area contributed by atoms with Crippen LogP contribution in [-0.4, -0.2) is 19.2 Å². The summed E-state index contributed by atoms with van der Waals surface area (Å²) >= 11 is 5.93. The number of phenols is 1. The first-order valence-electron chi connectivity index (χ1n) is 4.48. The lowest BCUT2D eigenvalue weighted by atomic mass is 10.1. The minimum atomic E-state index is 0.318. The fourth-order valence-electron chi connectivity index (χ4n) is 1.37. The Labute approximate surface area is 89.1 Å². The molecule has 1 aromatic rings. The molecule has 4 heteroatoms. The van der Waals surface area contributed by atoms with Gasteiger partial charge in [0.2, 0.25) is 0 Å². The number of rotatable bonds is 4. The topological polar surface area (TPSA) is 44.3 Å². The van der Waals surface area contributed by atoms with Crippen LogP contribution in [-0.2, 0) is 13.1 Å². The number of hydrogen-bond donors (Lipinski definition) is 3. The molecular weight excluding hydrogens is 200 g/mol. The van der Waals surface area contributed by atoms with Crippen molar-refractivity contribution < 1.29 is 5.11 Å². The maximum Gasteiger partial charge on any atom is 0.124 e. The molecule has 0 aliphatic carbocycles. The van der Waals surface area contributed by atoms with E-state index in [0.29, 0.717) is 23.9 Å². The first-order chi connectivity index (χ1) is 6.69. The third-order valence-electron chi connectivity index (χ3n) is 1.97. The van der Waals surface area contributed by atoms with Crippen LogP contribution in [0.4, 0.5) is 0 Å². The Hall–Kier alpha value is -0.770. The van der Waals surface area contributed by atoms with E-state index in [0.717, 1.165) is 11.1 Å². The fourth-order valence-corrected chi connectivity index (χ4v) is 1.63. The maximum atomic E-state index is 9.84. The molecule has 0 unspecified atom stereocenters. The predicted octanol–water partition coefficient (Wildman–Crippen LogP) is 1.48. The van der Waals surface area contributed by atoms with E-state index in [2.05, 4.69) is 10.6 Å². The monoisotopic (exact) mass is 214 g/mol. The minimum Gasteiger partial charge on any atom is -0.507 e. The van der Waals surface area contributed by atoms with E-state index >= 15 is 0 Å². The van der Waals surface area contributed by atoms with Gasteiger partial charge in [-0.15, -0.1) is 0 Å². The highest BCUT2D eigenvalue weighted by Gasteiger charge is 2.07. The van der Waals surface area contributed by atoms with Gasteiger partial charge in [0.1, 0.15) is 5.75 Å². The standard InChI is InChI=1S/C10H15ClN2O/c1-12-5-7-3-9(11)4-8(6-13-2)10(7)14/h3-4,12-14H,5-6H2,1-2H3. The van der Waals surface area contributed by atoms with Crippen molar-refractivity contribution in [2.24, 2.45) is 0 Å². The smallest absolute Gasteiger partial charge is 0.124 e. The summed E-state index contributed by atoms with van der Waals surface area (Å²) in [6.07, 6.45) is 0. The summed E-state index contributed by atoms with van der Waals surface area (Å²) in [4.78, 5) is 0. The highest BCUT2D eigenvalue weighted by Crippen LogP contribution is 2.26. The van der Waals surface area contributed by atoms with Crippen molar-refractivity contribution >= 4 is 11.6 Å². The molecule has 0 saturated carbocycles. The van der Waals surface area contributed by atoms with E-state index in [4.69, 9.17) is 11.6 Å². The Kier molecular flexibility index (Phi) is 4.20. The average molecular weight is 215 g/mol. The molecule has 0 atom stereocenters. The number of hydrogen-bond acceptors (Lipinski definition) is 3. The van der Waals surface area contributed by atoms with E-state index < -0.39 is 0 Å². The van der Waals surface area contributed by atoms with Gasteiger partial charge in [0.15, 0.2) is 0 Å². The Bertz CT molecular complexity index is 288. The summed E-state index contributed by atoms with van der Waals surface area (Å²) < 4.78 is 0. The minimum absolute atomic E-state index is 0.318. The molecule has 0 aromatic heterocycles. The van der Waals surface area contributed by atoms with Crippen LogP contribution >= 0.6 is 11.6 Å². The van der Waals surface area contributed by atoms with Gasteiger partial charge in [0.25, 0.3) is 0 Å². The summed E-state index contributed by atoms with van der Waals surface area (Å²) in [7, 11) is 3.66. The molecule has 0 heterocycles. The van der Waals surface area contributed by atoms with Gasteiger partial charge in [-0.2, -0.15) is 0 Å². The van der Waals surface area contributed by atoms with Gasteiger partial charge in [-0.3, -0.25) is 0 Å². The molecule has 1 aromatic carbocycles. The lowest BCUT2D eigenvalue weighted by molar-refractivity contribution is 0.457. The maximum absolute atomic E-state index is 9.84. The molecule has 1 rings (SSSR count). The van der Waals surface area contributed by atoms with Crippen molar-refractivity contribution in [1.82, 2.24) is 10.6 Å². The summed E-state index contributed by atoms with van der Waals surface area (Å²) in [5.74, 6) is 0.318. The van der Waals surface area contributed by atoms with Crippen LogP contribution in [0, 0.1) is 0 Å². The van der Waals surface area contributed by atoms with E-state index in [1.165, 1.54) is 0 Å². The van der Waals surface area contributed by atoms with Crippen LogP contribution in [0.5, 0.6) is 5.75 Å². The summed E-state index contributed by atoms with van der Waals surface area (Å²) in [6.45, 7) is 1.23. The highest BCUT2D eigenvalue weighted by atomic mass is 35.5. The van der Waals surface area contributed by atoms with Crippen LogP contribution in [0.25, 0.3) is 0 Å². The van der Waals surface area contributed by atoms with E-state index in [1.807, 2.05) is 14.1 Å². The largest absolute Gasteiger partial charge is 0.507 e. The second kappa shape index (κ2) is 5.20. The number of aromatic hydroxyl groups is 1. The molecule has 0 saturated heterocycles. The third-order valence-corrected chi connectivity index (χ3v) is 2.19. The SMILES string of the molecule is CNCc1cc(Cl)cc(CNC)c1O. The Balaban J connectivity index is 3.04. The summed E-state index contributed by atoms with van der Waals surface area (Å²) in [5.41, 5.74) is 1.65. The number of phenolic OH excluding ortho intramolecular Hbond substituents is 1. The lowest BCUT2D eigenvalue weighted by Crippen LogP contribution is -2.09. The van der Waals surface area contributed by atoms with Gasteiger partial charge in [-0.1, -0.05) is 11.6 Å². The van der Waals surface area contributed by atoms with Gasteiger partial charge in [-0.25, -0.2) is 0 Å². The lowest BCUT2D eigenvalue weighted by Gasteiger charge is -2.10. The molecule has 0 aliphatic heterocycles. The zero-order valence-corrected chi connectivity index (χ0v) is 9.15. The molecule has 3 N–H and O–H groups in total. The van der Waals surface area contributed by atoms with Crippen molar-refractivity contribution in [1.29, 1.82) is 0 Å². The number of nitrogens with one attached hydrogen (secondary N) is 2. The molecule has 0 radical (unpaired) electrons. The first kappa shape index (κ1) is 11.3. The van der Waals surface area contributed by atoms with Gasteiger partial charge >= 0.3 is 0 Å². The molecule has 0 spiro atoms. The fraction of sp³-hybridized carbons (Fsp3) is 0.400. The van der Waals surface area contributed by atoms with Crippen LogP contribution in [0.3, 0.4) is 0 Å². The Morgan fingerprint density at radius 3 is 1.93 bits per heavy atom. The van der Waals surface area contributed by atoms with Crippen molar-refractivity contribution in [3.63, 3.8) is 0 Å². The van der Waals surface area contributed by atoms with Gasteiger partial charge in [-0.05, 0) is 26.2 Å². The molecule has 0 bridgehead atoms. The molecule has 0 aliphatic rings. The molecular formula is C10H15ClN2O. The number of benzene rings is 1. The van der Waals surface area contributed by atoms with Crippen LogP contribution in [0.2, 0.25) is 5.02 Å². The second-order valence-corrected chi connectivity index (χ2v) is 3.57. The number of halogens is 1. The molecule has 0 amide bonds. The van der Waals surface area contributed by atoms with Gasteiger partial charge < -0.3 is 15.7 Å². The first-order valence-corrected chi connectivity index (χ1v) is 4.86. The zero-order valence-electron chi connectivity index (χ0n) is 8.39. The van der Waals surface area contributed by atoms with Crippen molar-refractivity contribution in [3.05, 3.63) is 28.3 Å². The van der Waals surface area contributed by atoms with Crippen molar-refractivity contribution in [2.45, 2.75) is 13.1 Å². The van der Waals surface area contributed by atoms with E-state index in [-0.39, 0.29) is 0 Å². The molecule has 14 heavy (non-hydrogen) atoms. The van der Waals surface area contributed by atoms with Crippen molar-refractivity contribution in [3.8, 4) is 5.75 Å². The van der Waals surface area contributed by atoms with E-state index in [9.17, 15) is 5.11 Å². The van der Waals surface area contributed by atoms with E-state index in [1.54, 1.807) is 12.1 Å². The van der Waals surface area contributed by atoms with Crippen LogP contribution in [0.15, 0.2) is 12.1 Å². The van der Waals surface area contributed by atoms with Crippen LogP contribution in [0.1, 0.15) is 11.1 Å². The van der Waals surface area contributed by atoms with Gasteiger partial charge in [0.05, 0.1) is 0 Å². The van der Waals surface area contributed by atoms with Gasteiger partial charge in [0, 0.05) is 29.2 Å². The predicted molar refractivity (Wildman–Crippen MR) is 58.6 cm³/mol. The normalized spacial score (nSPS) is 10.5. The quantitative estimate of drug-likeness (QED) is 0.712. The second-order valence-electron chi connectivity index (χ2n) is 3.13. The third kappa shape index (κ3) is 2.61. The molecule has 0 fully saturated rings. The summed E-state index contributed by atoms with van der Waals surface area (Å²) in [5, 5.41) is 16.5. The summed E-state index contributed by atoms with van der Waals surface area (Å²) in [6, 6.07) is 3.54. The Morgan fingerprint density at radius 2 is 1.57 bits per heavy atom. The van der Waals surface area contributed by atoms with Crippen molar-refractivity contribution in [2.75, 3.05) is 14.1 Å². The zero-order chi connectivity index (χ0) is 10.6. The molecule has 78 valence electrons. The average Bonchev–Trinajstić information content (AvgIpc) is 2.14.